The molecule has 0 spiro atoms. The molecule has 182 valence electrons. The number of carbonyl (C=O) groups excluding carboxylic acids is 2. The van der Waals surface area contributed by atoms with Crippen molar-refractivity contribution in [2.45, 2.75) is 6.61 Å². The Kier molecular flexibility index (Phi) is 7.95. The predicted molar refractivity (Wildman–Crippen MR) is 133 cm³/mol. The van der Waals surface area contributed by atoms with Crippen molar-refractivity contribution in [2.24, 2.45) is 5.73 Å². The summed E-state index contributed by atoms with van der Waals surface area (Å²) in [5.74, 6) is -0.510. The van der Waals surface area contributed by atoms with E-state index in [0.29, 0.717) is 23.4 Å². The number of primary amides is 1. The van der Waals surface area contributed by atoms with Gasteiger partial charge in [0.15, 0.2) is 0 Å². The highest BCUT2D eigenvalue weighted by molar-refractivity contribution is 5.95. The Bertz CT molecular complexity index is 1160. The third-order valence-electron chi connectivity index (χ3n) is 6.01. The first-order valence-electron chi connectivity index (χ1n) is 11.6. The van der Waals surface area contributed by atoms with Crippen LogP contribution in [0.15, 0.2) is 72.8 Å². The molecule has 3 N–H and O–H groups in total. The highest BCUT2D eigenvalue weighted by Crippen LogP contribution is 2.19. The maximum Gasteiger partial charge on any atom is 0.252 e. The molecule has 0 aliphatic carbocycles. The third kappa shape index (κ3) is 6.58. The van der Waals surface area contributed by atoms with Crippen molar-refractivity contribution in [1.82, 2.24) is 10.2 Å². The van der Waals surface area contributed by atoms with Crippen LogP contribution >= 0.6 is 0 Å². The zero-order valence-corrected chi connectivity index (χ0v) is 19.5. The number of hydrogen-bond acceptors (Lipinski definition) is 5. The molecule has 1 saturated heterocycles. The van der Waals surface area contributed by atoms with Gasteiger partial charge in [0.2, 0.25) is 0 Å². The van der Waals surface area contributed by atoms with Crippen molar-refractivity contribution in [3.05, 3.63) is 95.3 Å². The average Bonchev–Trinajstić information content (AvgIpc) is 2.88. The van der Waals surface area contributed by atoms with Crippen molar-refractivity contribution in [3.63, 3.8) is 0 Å². The van der Waals surface area contributed by atoms with Crippen LogP contribution in [0.4, 0.5) is 10.1 Å². The summed E-state index contributed by atoms with van der Waals surface area (Å²) in [5, 5.41) is 2.98. The minimum atomic E-state index is -0.550. The topological polar surface area (TPSA) is 87.9 Å². The Balaban J connectivity index is 1.22. The van der Waals surface area contributed by atoms with E-state index >= 15 is 0 Å². The Morgan fingerprint density at radius 2 is 1.69 bits per heavy atom. The first-order valence-corrected chi connectivity index (χ1v) is 11.6. The second kappa shape index (κ2) is 11.5. The van der Waals surface area contributed by atoms with E-state index in [2.05, 4.69) is 15.1 Å². The largest absolute Gasteiger partial charge is 0.488 e. The Morgan fingerprint density at radius 1 is 0.943 bits per heavy atom. The van der Waals surface area contributed by atoms with Crippen LogP contribution in [-0.4, -0.2) is 56.0 Å². The molecule has 0 atom stereocenters. The molecule has 1 aliphatic rings. The van der Waals surface area contributed by atoms with Crippen LogP contribution in [-0.2, 0) is 6.61 Å². The molecule has 1 aliphatic heterocycles. The zero-order chi connectivity index (χ0) is 24.6. The summed E-state index contributed by atoms with van der Waals surface area (Å²) in [6, 6.07) is 20.6. The molecule has 4 rings (SSSR count). The lowest BCUT2D eigenvalue weighted by molar-refractivity contribution is 0.0946. The Morgan fingerprint density at radius 3 is 2.43 bits per heavy atom. The summed E-state index contributed by atoms with van der Waals surface area (Å²) in [6.07, 6.45) is 0. The molecule has 0 aromatic heterocycles. The average molecular weight is 477 g/mol. The minimum Gasteiger partial charge on any atom is -0.488 e. The Labute approximate surface area is 204 Å². The van der Waals surface area contributed by atoms with Gasteiger partial charge in [0.05, 0.1) is 5.56 Å². The Hall–Kier alpha value is -3.91. The van der Waals surface area contributed by atoms with Crippen LogP contribution in [0, 0.1) is 5.82 Å². The van der Waals surface area contributed by atoms with Crippen LogP contribution in [0.2, 0.25) is 0 Å². The molecule has 2 amide bonds. The van der Waals surface area contributed by atoms with Gasteiger partial charge in [-0.3, -0.25) is 14.5 Å². The molecule has 0 radical (unpaired) electrons. The summed E-state index contributed by atoms with van der Waals surface area (Å²) >= 11 is 0. The monoisotopic (exact) mass is 476 g/mol. The summed E-state index contributed by atoms with van der Waals surface area (Å²) in [6.45, 7) is 5.00. The zero-order valence-electron chi connectivity index (χ0n) is 19.5. The lowest BCUT2D eigenvalue weighted by Gasteiger charge is -2.36. The van der Waals surface area contributed by atoms with Crippen LogP contribution in [0.1, 0.15) is 26.3 Å². The second-order valence-corrected chi connectivity index (χ2v) is 8.41. The van der Waals surface area contributed by atoms with Gasteiger partial charge in [-0.2, -0.15) is 0 Å². The number of ether oxygens (including phenoxy) is 1. The molecule has 3 aromatic rings. The van der Waals surface area contributed by atoms with Gasteiger partial charge in [-0.15, -0.1) is 0 Å². The number of amides is 2. The van der Waals surface area contributed by atoms with Crippen LogP contribution in [0.25, 0.3) is 0 Å². The van der Waals surface area contributed by atoms with Crippen LogP contribution < -0.4 is 20.7 Å². The molecular weight excluding hydrogens is 447 g/mol. The number of nitrogens with one attached hydrogen (secondary N) is 1. The van der Waals surface area contributed by atoms with Crippen molar-refractivity contribution in [2.75, 3.05) is 44.2 Å². The van der Waals surface area contributed by atoms with Crippen LogP contribution in [0.3, 0.4) is 0 Å². The van der Waals surface area contributed by atoms with E-state index in [4.69, 9.17) is 10.5 Å². The van der Waals surface area contributed by atoms with E-state index in [1.807, 2.05) is 12.1 Å². The number of hydrogen-bond donors (Lipinski definition) is 2. The molecule has 8 heteroatoms. The van der Waals surface area contributed by atoms with E-state index < -0.39 is 5.91 Å². The lowest BCUT2D eigenvalue weighted by atomic mass is 10.1. The van der Waals surface area contributed by atoms with Gasteiger partial charge < -0.3 is 20.7 Å². The van der Waals surface area contributed by atoms with Gasteiger partial charge in [0, 0.05) is 50.5 Å². The number of rotatable bonds is 9. The van der Waals surface area contributed by atoms with Gasteiger partial charge in [0.25, 0.3) is 11.8 Å². The highest BCUT2D eigenvalue weighted by Gasteiger charge is 2.17. The van der Waals surface area contributed by atoms with Crippen LogP contribution in [0.5, 0.6) is 5.75 Å². The summed E-state index contributed by atoms with van der Waals surface area (Å²) in [4.78, 5) is 28.8. The third-order valence-corrected chi connectivity index (χ3v) is 6.01. The molecule has 3 aromatic carbocycles. The number of nitrogens with two attached hydrogens (primary N) is 1. The number of halogens is 1. The fraction of sp³-hybridized carbons (Fsp3) is 0.259. The van der Waals surface area contributed by atoms with Crippen molar-refractivity contribution >= 4 is 17.5 Å². The van der Waals surface area contributed by atoms with E-state index in [0.717, 1.165) is 44.0 Å². The van der Waals surface area contributed by atoms with Gasteiger partial charge in [0.1, 0.15) is 18.2 Å². The van der Waals surface area contributed by atoms with Crippen molar-refractivity contribution in [3.8, 4) is 5.75 Å². The number of anilines is 1. The fourth-order valence-corrected chi connectivity index (χ4v) is 4.07. The smallest absolute Gasteiger partial charge is 0.252 e. The quantitative estimate of drug-likeness (QED) is 0.496. The maximum atomic E-state index is 13.1. The number of nitrogens with zero attached hydrogens (tertiary/aromatic N) is 2. The second-order valence-electron chi connectivity index (χ2n) is 8.41. The number of para-hydroxylation sites is 1. The maximum absolute atomic E-state index is 13.1. The van der Waals surface area contributed by atoms with Gasteiger partial charge in [-0.25, -0.2) is 4.39 Å². The summed E-state index contributed by atoms with van der Waals surface area (Å²) in [5.41, 5.74) is 8.11. The number of carbonyl (C=O) groups is 2. The number of benzene rings is 3. The normalized spacial score (nSPS) is 13.9. The molecule has 7 nitrogen and oxygen atoms in total. The fourth-order valence-electron chi connectivity index (χ4n) is 4.07. The first-order chi connectivity index (χ1) is 17.0. The molecule has 35 heavy (non-hydrogen) atoms. The van der Waals surface area contributed by atoms with Gasteiger partial charge >= 0.3 is 0 Å². The van der Waals surface area contributed by atoms with E-state index in [1.165, 1.54) is 12.1 Å². The van der Waals surface area contributed by atoms with E-state index in [-0.39, 0.29) is 18.3 Å². The van der Waals surface area contributed by atoms with E-state index in [9.17, 15) is 14.0 Å². The van der Waals surface area contributed by atoms with E-state index in [1.54, 1.807) is 48.5 Å². The minimum absolute atomic E-state index is 0.144. The molecule has 1 fully saturated rings. The standard InChI is InChI=1S/C27H29FN4O3/c28-22-8-10-23(11-9-22)32-16-14-31(15-17-32)13-12-30-27(34)21-5-3-4-20(18-21)19-35-25-7-2-1-6-24(25)26(29)33/h1-11,18H,12-17,19H2,(H2,29,33)(H,30,34). The number of piperazine rings is 1. The van der Waals surface area contributed by atoms with Gasteiger partial charge in [-0.1, -0.05) is 24.3 Å². The van der Waals surface area contributed by atoms with Crippen molar-refractivity contribution in [1.29, 1.82) is 0 Å². The molecule has 0 unspecified atom stereocenters. The predicted octanol–water partition coefficient (Wildman–Crippen LogP) is 3.06. The molecule has 0 bridgehead atoms. The molecule has 0 saturated carbocycles. The highest BCUT2D eigenvalue weighted by atomic mass is 19.1. The van der Waals surface area contributed by atoms with Crippen molar-refractivity contribution < 1.29 is 18.7 Å². The lowest BCUT2D eigenvalue weighted by Crippen LogP contribution is -2.48. The SMILES string of the molecule is NC(=O)c1ccccc1OCc1cccc(C(=O)NCCN2CCN(c3ccc(F)cc3)CC2)c1. The first kappa shape index (κ1) is 24.2. The van der Waals surface area contributed by atoms with Gasteiger partial charge in [-0.05, 0) is 54.1 Å². The summed E-state index contributed by atoms with van der Waals surface area (Å²) < 4.78 is 18.9. The molecule has 1 heterocycles. The summed E-state index contributed by atoms with van der Waals surface area (Å²) in [7, 11) is 0. The molecular formula is C27H29FN4O3.